The van der Waals surface area contributed by atoms with Gasteiger partial charge in [0, 0.05) is 0 Å². The van der Waals surface area contributed by atoms with E-state index in [0.29, 0.717) is 12.8 Å². The smallest absolute Gasteiger partial charge is 0.380 e. The third-order valence-corrected chi connectivity index (χ3v) is 3.23. The second-order valence-corrected chi connectivity index (χ2v) is 4.06. The highest BCUT2D eigenvalue weighted by Crippen LogP contribution is 2.47. The topological polar surface area (TPSA) is 20.2 Å². The van der Waals surface area contributed by atoms with Crippen molar-refractivity contribution >= 4 is 0 Å². The zero-order valence-electron chi connectivity index (χ0n) is 7.86. The Labute approximate surface area is 75.9 Å². The zero-order chi connectivity index (χ0) is 10.3. The molecule has 2 atom stereocenters. The molecule has 0 radical (unpaired) electrons. The molecule has 1 aliphatic rings. The van der Waals surface area contributed by atoms with Crippen molar-refractivity contribution in [3.8, 4) is 0 Å². The molecule has 1 nitrogen and oxygen atoms in total. The van der Waals surface area contributed by atoms with Gasteiger partial charge in [-0.15, -0.1) is 0 Å². The van der Waals surface area contributed by atoms with Crippen molar-refractivity contribution in [2.45, 2.75) is 44.9 Å². The first kappa shape index (κ1) is 10.8. The Bertz CT molecular complexity index is 178. The normalized spacial score (nSPS) is 42.0. The predicted molar refractivity (Wildman–Crippen MR) is 43.2 cm³/mol. The summed E-state index contributed by atoms with van der Waals surface area (Å²) in [5.41, 5.74) is -2.47. The maximum absolute atomic E-state index is 12.6. The number of hydrogen-bond donors (Lipinski definition) is 1. The van der Waals surface area contributed by atoms with Crippen molar-refractivity contribution in [1.82, 2.24) is 0 Å². The van der Waals surface area contributed by atoms with Gasteiger partial charge in [-0.25, -0.2) is 0 Å². The molecule has 1 fully saturated rings. The first-order valence-electron chi connectivity index (χ1n) is 4.59. The third kappa shape index (κ3) is 1.56. The Balaban J connectivity index is 2.94. The lowest BCUT2D eigenvalue weighted by Crippen LogP contribution is -2.56. The van der Waals surface area contributed by atoms with Crippen LogP contribution in [0.5, 0.6) is 0 Å². The molecule has 0 aromatic heterocycles. The van der Waals surface area contributed by atoms with Crippen LogP contribution in [0.25, 0.3) is 0 Å². The molecule has 0 saturated heterocycles. The van der Waals surface area contributed by atoms with Gasteiger partial charge in [-0.3, -0.25) is 0 Å². The molecular weight excluding hydrogens is 181 g/mol. The lowest BCUT2D eigenvalue weighted by Gasteiger charge is -2.44. The SMILES string of the molecule is CC1CCCC(C)C1(O)C(F)(F)F. The maximum Gasteiger partial charge on any atom is 0.417 e. The van der Waals surface area contributed by atoms with Gasteiger partial charge in [-0.05, 0) is 24.7 Å². The Hall–Kier alpha value is -0.250. The summed E-state index contributed by atoms with van der Waals surface area (Å²) in [6.07, 6.45) is -2.80. The molecule has 2 unspecified atom stereocenters. The third-order valence-electron chi connectivity index (χ3n) is 3.23. The van der Waals surface area contributed by atoms with Crippen LogP contribution in [0.2, 0.25) is 0 Å². The minimum atomic E-state index is -4.49. The van der Waals surface area contributed by atoms with Gasteiger partial charge < -0.3 is 5.11 Å². The zero-order valence-corrected chi connectivity index (χ0v) is 7.86. The van der Waals surface area contributed by atoms with E-state index in [9.17, 15) is 18.3 Å². The average molecular weight is 196 g/mol. The highest BCUT2D eigenvalue weighted by atomic mass is 19.4. The van der Waals surface area contributed by atoms with Crippen molar-refractivity contribution in [3.05, 3.63) is 0 Å². The van der Waals surface area contributed by atoms with E-state index in [2.05, 4.69) is 0 Å². The summed E-state index contributed by atoms with van der Waals surface area (Å²) in [5.74, 6) is -1.37. The largest absolute Gasteiger partial charge is 0.417 e. The van der Waals surface area contributed by atoms with E-state index in [4.69, 9.17) is 0 Å². The van der Waals surface area contributed by atoms with E-state index < -0.39 is 23.6 Å². The average Bonchev–Trinajstić information content (AvgIpc) is 1.97. The van der Waals surface area contributed by atoms with Gasteiger partial charge >= 0.3 is 6.18 Å². The molecule has 1 N–H and O–H groups in total. The van der Waals surface area contributed by atoms with Crippen LogP contribution in [0.15, 0.2) is 0 Å². The fraction of sp³-hybridized carbons (Fsp3) is 1.00. The molecule has 0 spiro atoms. The molecule has 0 aliphatic heterocycles. The lowest BCUT2D eigenvalue weighted by atomic mass is 9.69. The van der Waals surface area contributed by atoms with E-state index in [1.54, 1.807) is 0 Å². The molecular formula is C9H15F3O. The van der Waals surface area contributed by atoms with Gasteiger partial charge in [-0.1, -0.05) is 20.3 Å². The second kappa shape index (κ2) is 3.15. The molecule has 0 heterocycles. The maximum atomic E-state index is 12.6. The summed E-state index contributed by atoms with van der Waals surface area (Å²) < 4.78 is 37.7. The van der Waals surface area contributed by atoms with Crippen molar-refractivity contribution in [2.75, 3.05) is 0 Å². The van der Waals surface area contributed by atoms with Crippen LogP contribution in [0.1, 0.15) is 33.1 Å². The lowest BCUT2D eigenvalue weighted by molar-refractivity contribution is -0.303. The molecule has 1 saturated carbocycles. The highest BCUT2D eigenvalue weighted by molar-refractivity contribution is 4.97. The van der Waals surface area contributed by atoms with Crippen molar-refractivity contribution in [1.29, 1.82) is 0 Å². The summed E-state index contributed by atoms with van der Waals surface area (Å²) in [7, 11) is 0. The van der Waals surface area contributed by atoms with Gasteiger partial charge in [-0.2, -0.15) is 13.2 Å². The van der Waals surface area contributed by atoms with Crippen LogP contribution in [0.3, 0.4) is 0 Å². The first-order valence-corrected chi connectivity index (χ1v) is 4.59. The standard InChI is InChI=1S/C9H15F3O/c1-6-4-3-5-7(2)8(6,13)9(10,11)12/h6-7,13H,3-5H2,1-2H3. The van der Waals surface area contributed by atoms with Gasteiger partial charge in [0.05, 0.1) is 0 Å². The molecule has 4 heteroatoms. The van der Waals surface area contributed by atoms with E-state index in [1.807, 2.05) is 0 Å². The number of alkyl halides is 3. The van der Waals surface area contributed by atoms with E-state index in [-0.39, 0.29) is 0 Å². The Morgan fingerprint density at radius 3 is 1.77 bits per heavy atom. The molecule has 1 aliphatic carbocycles. The molecule has 0 amide bonds. The van der Waals surface area contributed by atoms with Crippen molar-refractivity contribution < 1.29 is 18.3 Å². The molecule has 0 aromatic rings. The van der Waals surface area contributed by atoms with Crippen LogP contribution < -0.4 is 0 Å². The second-order valence-electron chi connectivity index (χ2n) is 4.06. The van der Waals surface area contributed by atoms with E-state index in [1.165, 1.54) is 13.8 Å². The highest BCUT2D eigenvalue weighted by Gasteiger charge is 2.60. The number of halogens is 3. The first-order chi connectivity index (χ1) is 5.80. The minimum absolute atomic E-state index is 0.459. The summed E-state index contributed by atoms with van der Waals surface area (Å²) >= 11 is 0. The molecule has 0 aromatic carbocycles. The Kier molecular flexibility index (Phi) is 2.63. The number of rotatable bonds is 0. The van der Waals surface area contributed by atoms with E-state index >= 15 is 0 Å². The molecule has 1 rings (SSSR count). The Morgan fingerprint density at radius 2 is 1.54 bits per heavy atom. The summed E-state index contributed by atoms with van der Waals surface area (Å²) in [4.78, 5) is 0. The molecule has 0 bridgehead atoms. The minimum Gasteiger partial charge on any atom is -0.380 e. The Morgan fingerprint density at radius 1 is 1.15 bits per heavy atom. The fourth-order valence-electron chi connectivity index (χ4n) is 2.21. The van der Waals surface area contributed by atoms with Crippen LogP contribution >= 0.6 is 0 Å². The number of hydrogen-bond acceptors (Lipinski definition) is 1. The van der Waals surface area contributed by atoms with Gasteiger partial charge in [0.25, 0.3) is 0 Å². The monoisotopic (exact) mass is 196 g/mol. The van der Waals surface area contributed by atoms with Crippen LogP contribution in [0.4, 0.5) is 13.2 Å². The fourth-order valence-corrected chi connectivity index (χ4v) is 2.21. The summed E-state index contributed by atoms with van der Waals surface area (Å²) in [5, 5.41) is 9.62. The van der Waals surface area contributed by atoms with E-state index in [0.717, 1.165) is 6.42 Å². The quantitative estimate of drug-likeness (QED) is 0.631. The van der Waals surface area contributed by atoms with Crippen molar-refractivity contribution in [2.24, 2.45) is 11.8 Å². The van der Waals surface area contributed by atoms with Gasteiger partial charge in [0.2, 0.25) is 0 Å². The molecule has 78 valence electrons. The van der Waals surface area contributed by atoms with Gasteiger partial charge in [0.1, 0.15) is 0 Å². The number of aliphatic hydroxyl groups is 1. The van der Waals surface area contributed by atoms with Gasteiger partial charge in [0.15, 0.2) is 5.60 Å². The van der Waals surface area contributed by atoms with Crippen LogP contribution in [0, 0.1) is 11.8 Å². The van der Waals surface area contributed by atoms with Crippen LogP contribution in [-0.4, -0.2) is 16.9 Å². The molecule has 13 heavy (non-hydrogen) atoms. The summed E-state index contributed by atoms with van der Waals surface area (Å²) in [6.45, 7) is 2.95. The van der Waals surface area contributed by atoms with Crippen LogP contribution in [-0.2, 0) is 0 Å². The predicted octanol–water partition coefficient (Wildman–Crippen LogP) is 2.74. The summed E-state index contributed by atoms with van der Waals surface area (Å²) in [6, 6.07) is 0. The van der Waals surface area contributed by atoms with Crippen molar-refractivity contribution in [3.63, 3.8) is 0 Å².